The fourth-order valence-electron chi connectivity index (χ4n) is 5.61. The fraction of sp³-hybridized carbons (Fsp3) is 0.444. The lowest BCUT2D eigenvalue weighted by Gasteiger charge is -2.41. The Morgan fingerprint density at radius 1 is 0.941 bits per heavy atom. The number of carbonyl (C=O) groups excluding carboxylic acids is 2. The summed E-state index contributed by atoms with van der Waals surface area (Å²) in [5.74, 6) is -1.84. The van der Waals surface area contributed by atoms with Crippen molar-refractivity contribution >= 4 is 18.0 Å². The van der Waals surface area contributed by atoms with Gasteiger partial charge in [0.2, 0.25) is 5.91 Å². The van der Waals surface area contributed by atoms with Crippen LogP contribution in [0.25, 0.3) is 11.1 Å². The minimum Gasteiger partial charge on any atom is -0.480 e. The first-order valence-corrected chi connectivity index (χ1v) is 12.0. The van der Waals surface area contributed by atoms with E-state index in [1.165, 1.54) is 0 Å². The highest BCUT2D eigenvalue weighted by atomic mass is 16.5. The summed E-state index contributed by atoms with van der Waals surface area (Å²) < 4.78 is 5.71. The van der Waals surface area contributed by atoms with Gasteiger partial charge in [0.25, 0.3) is 0 Å². The first kappa shape index (κ1) is 22.4. The van der Waals surface area contributed by atoms with E-state index in [4.69, 9.17) is 4.74 Å². The van der Waals surface area contributed by atoms with Crippen LogP contribution >= 0.6 is 0 Å². The van der Waals surface area contributed by atoms with Gasteiger partial charge in [-0.3, -0.25) is 4.79 Å². The van der Waals surface area contributed by atoms with E-state index in [2.05, 4.69) is 34.9 Å². The SMILES string of the molecule is CC1(NC(=O)OCC2c3ccccc3-c3ccccc32)CCCCC1C(=O)NC1(C(=O)O)CC1. The van der Waals surface area contributed by atoms with Gasteiger partial charge in [0, 0.05) is 5.92 Å². The molecule has 0 aromatic heterocycles. The number of fused-ring (bicyclic) bond motifs is 3. The van der Waals surface area contributed by atoms with E-state index in [1.807, 2.05) is 31.2 Å². The average Bonchev–Trinajstić information content (AvgIpc) is 3.53. The zero-order chi connectivity index (χ0) is 23.9. The largest absolute Gasteiger partial charge is 0.480 e. The van der Waals surface area contributed by atoms with E-state index in [0.29, 0.717) is 25.7 Å². The van der Waals surface area contributed by atoms with Crippen LogP contribution in [0, 0.1) is 5.92 Å². The molecule has 7 nitrogen and oxygen atoms in total. The maximum atomic E-state index is 13.0. The number of carboxylic acid groups (broad SMARTS) is 1. The van der Waals surface area contributed by atoms with Crippen molar-refractivity contribution in [2.45, 2.75) is 62.4 Å². The lowest BCUT2D eigenvalue weighted by Crippen LogP contribution is -2.59. The molecule has 2 aromatic carbocycles. The number of ether oxygens (including phenoxy) is 1. The summed E-state index contributed by atoms with van der Waals surface area (Å²) in [5.41, 5.74) is 2.67. The van der Waals surface area contributed by atoms with E-state index in [0.717, 1.165) is 35.1 Å². The van der Waals surface area contributed by atoms with Crippen molar-refractivity contribution in [2.24, 2.45) is 5.92 Å². The number of aliphatic carboxylic acids is 1. The molecule has 2 unspecified atom stereocenters. The van der Waals surface area contributed by atoms with Crippen LogP contribution in [0.1, 0.15) is 62.5 Å². The van der Waals surface area contributed by atoms with Gasteiger partial charge in [0.1, 0.15) is 12.1 Å². The van der Waals surface area contributed by atoms with Crippen LogP contribution in [0.2, 0.25) is 0 Å². The second-order valence-corrected chi connectivity index (χ2v) is 10.0. The molecule has 0 bridgehead atoms. The van der Waals surface area contributed by atoms with Crippen molar-refractivity contribution in [2.75, 3.05) is 6.61 Å². The predicted molar refractivity (Wildman–Crippen MR) is 126 cm³/mol. The number of carboxylic acids is 1. The molecule has 7 heteroatoms. The molecule has 0 aliphatic heterocycles. The van der Waals surface area contributed by atoms with Crippen LogP contribution in [-0.2, 0) is 14.3 Å². The number of rotatable bonds is 6. The number of hydrogen-bond acceptors (Lipinski definition) is 4. The third-order valence-electron chi connectivity index (χ3n) is 7.78. The number of amides is 2. The summed E-state index contributed by atoms with van der Waals surface area (Å²) in [7, 11) is 0. The van der Waals surface area contributed by atoms with Gasteiger partial charge in [-0.1, -0.05) is 61.4 Å². The number of hydrogen-bond donors (Lipinski definition) is 3. The molecule has 2 aromatic rings. The van der Waals surface area contributed by atoms with E-state index in [1.54, 1.807) is 0 Å². The summed E-state index contributed by atoms with van der Waals surface area (Å²) in [4.78, 5) is 37.5. The molecule has 3 aliphatic carbocycles. The summed E-state index contributed by atoms with van der Waals surface area (Å²) in [6.07, 6.45) is 3.31. The quantitative estimate of drug-likeness (QED) is 0.597. The highest BCUT2D eigenvalue weighted by Gasteiger charge is 2.54. The minimum absolute atomic E-state index is 0.0401. The first-order valence-electron chi connectivity index (χ1n) is 12.0. The van der Waals surface area contributed by atoms with Crippen molar-refractivity contribution in [1.29, 1.82) is 0 Å². The van der Waals surface area contributed by atoms with E-state index >= 15 is 0 Å². The van der Waals surface area contributed by atoms with Crippen LogP contribution in [0.3, 0.4) is 0 Å². The third-order valence-corrected chi connectivity index (χ3v) is 7.78. The molecular formula is C27H30N2O5. The van der Waals surface area contributed by atoms with E-state index in [9.17, 15) is 19.5 Å². The van der Waals surface area contributed by atoms with Crippen LogP contribution in [0.5, 0.6) is 0 Å². The van der Waals surface area contributed by atoms with Gasteiger partial charge in [-0.2, -0.15) is 0 Å². The predicted octanol–water partition coefficient (Wildman–Crippen LogP) is 4.21. The topological polar surface area (TPSA) is 105 Å². The van der Waals surface area contributed by atoms with Crippen LogP contribution in [0.4, 0.5) is 4.79 Å². The standard InChI is InChI=1S/C27H30N2O5/c1-26(13-7-6-12-22(26)23(30)28-27(14-15-27)24(31)32)29-25(33)34-16-21-19-10-4-2-8-17(19)18-9-3-5-11-20(18)21/h2-5,8-11,21-22H,6-7,12-16H2,1H3,(H,28,30)(H,29,33)(H,31,32). The summed E-state index contributed by atoms with van der Waals surface area (Å²) in [6.45, 7) is 2.06. The molecule has 2 amide bonds. The molecular weight excluding hydrogens is 432 g/mol. The molecule has 2 saturated carbocycles. The Morgan fingerprint density at radius 2 is 1.56 bits per heavy atom. The monoisotopic (exact) mass is 462 g/mol. The van der Waals surface area contributed by atoms with Crippen molar-refractivity contribution in [3.05, 3.63) is 59.7 Å². The van der Waals surface area contributed by atoms with Crippen LogP contribution in [0.15, 0.2) is 48.5 Å². The van der Waals surface area contributed by atoms with E-state index < -0.39 is 29.1 Å². The Labute approximate surface area is 198 Å². The van der Waals surface area contributed by atoms with Crippen molar-refractivity contribution in [1.82, 2.24) is 10.6 Å². The number of alkyl carbamates (subject to hydrolysis) is 1. The van der Waals surface area contributed by atoms with Crippen LogP contribution in [-0.4, -0.2) is 40.8 Å². The smallest absolute Gasteiger partial charge is 0.407 e. The van der Waals surface area contributed by atoms with E-state index in [-0.39, 0.29) is 18.4 Å². The molecule has 3 N–H and O–H groups in total. The molecule has 0 radical (unpaired) electrons. The van der Waals surface area contributed by atoms with Crippen molar-refractivity contribution < 1.29 is 24.2 Å². The second-order valence-electron chi connectivity index (χ2n) is 10.0. The molecule has 178 valence electrons. The van der Waals surface area contributed by atoms with Gasteiger partial charge in [-0.05, 0) is 54.9 Å². The Hall–Kier alpha value is -3.35. The number of carbonyl (C=O) groups is 3. The Balaban J connectivity index is 1.26. The normalized spacial score (nSPS) is 24.4. The second kappa shape index (κ2) is 8.46. The lowest BCUT2D eigenvalue weighted by atomic mass is 9.73. The zero-order valence-electron chi connectivity index (χ0n) is 19.3. The molecule has 2 atom stereocenters. The minimum atomic E-state index is -1.14. The summed E-state index contributed by atoms with van der Waals surface area (Å²) in [5, 5.41) is 15.1. The van der Waals surface area contributed by atoms with Crippen molar-refractivity contribution in [3.63, 3.8) is 0 Å². The molecule has 3 aliphatic rings. The Bertz CT molecular complexity index is 1100. The molecule has 5 rings (SSSR count). The average molecular weight is 463 g/mol. The maximum Gasteiger partial charge on any atom is 0.407 e. The van der Waals surface area contributed by atoms with Gasteiger partial charge < -0.3 is 20.5 Å². The summed E-state index contributed by atoms with van der Waals surface area (Å²) in [6, 6.07) is 16.3. The first-order chi connectivity index (χ1) is 16.3. The Kier molecular flexibility index (Phi) is 5.58. The molecule has 0 heterocycles. The van der Waals surface area contributed by atoms with Gasteiger partial charge in [0.15, 0.2) is 0 Å². The van der Waals surface area contributed by atoms with Crippen molar-refractivity contribution in [3.8, 4) is 11.1 Å². The number of benzene rings is 2. The highest BCUT2D eigenvalue weighted by molar-refractivity contribution is 5.91. The van der Waals surface area contributed by atoms with Gasteiger partial charge in [-0.25, -0.2) is 9.59 Å². The molecule has 0 saturated heterocycles. The maximum absolute atomic E-state index is 13.0. The molecule has 2 fully saturated rings. The van der Waals surface area contributed by atoms with Gasteiger partial charge >= 0.3 is 12.1 Å². The summed E-state index contributed by atoms with van der Waals surface area (Å²) >= 11 is 0. The fourth-order valence-corrected chi connectivity index (χ4v) is 5.61. The Morgan fingerprint density at radius 3 is 2.15 bits per heavy atom. The van der Waals surface area contributed by atoms with Crippen LogP contribution < -0.4 is 10.6 Å². The lowest BCUT2D eigenvalue weighted by molar-refractivity contribution is -0.144. The highest BCUT2D eigenvalue weighted by Crippen LogP contribution is 2.44. The zero-order valence-corrected chi connectivity index (χ0v) is 19.3. The molecule has 34 heavy (non-hydrogen) atoms. The van der Waals surface area contributed by atoms with Gasteiger partial charge in [-0.15, -0.1) is 0 Å². The third kappa shape index (κ3) is 3.93. The van der Waals surface area contributed by atoms with Gasteiger partial charge in [0.05, 0.1) is 11.5 Å². The molecule has 0 spiro atoms. The number of nitrogens with one attached hydrogen (secondary N) is 2.